The number of phenolic OH excluding ortho intramolecular Hbond substituents is 1. The number of aromatic hydroxyl groups is 1. The molecule has 1 heterocycles. The topological polar surface area (TPSA) is 69.6 Å². The molecule has 5 heteroatoms. The molecular formula is C14H14ClNO3. The van der Waals surface area contributed by atoms with Gasteiger partial charge in [0.15, 0.2) is 5.60 Å². The van der Waals surface area contributed by atoms with E-state index in [1.165, 1.54) is 18.2 Å². The van der Waals surface area contributed by atoms with Gasteiger partial charge in [0.1, 0.15) is 5.75 Å². The van der Waals surface area contributed by atoms with Crippen molar-refractivity contribution < 1.29 is 15.0 Å². The van der Waals surface area contributed by atoms with Gasteiger partial charge in [0.25, 0.3) is 5.91 Å². The second-order valence-corrected chi connectivity index (χ2v) is 5.46. The lowest BCUT2D eigenvalue weighted by molar-refractivity contribution is -0.139. The van der Waals surface area contributed by atoms with Gasteiger partial charge in [-0.25, -0.2) is 0 Å². The van der Waals surface area contributed by atoms with Crippen molar-refractivity contribution in [2.24, 2.45) is 5.92 Å². The highest BCUT2D eigenvalue weighted by Gasteiger charge is 2.54. The van der Waals surface area contributed by atoms with Gasteiger partial charge in [-0.05, 0) is 37.5 Å². The maximum atomic E-state index is 12.2. The van der Waals surface area contributed by atoms with Crippen molar-refractivity contribution in [3.63, 3.8) is 0 Å². The number of hydrogen-bond acceptors (Lipinski definition) is 3. The van der Waals surface area contributed by atoms with E-state index in [0.717, 1.165) is 18.5 Å². The lowest BCUT2D eigenvalue weighted by Crippen LogP contribution is -2.39. The number of aliphatic hydroxyl groups is 1. The van der Waals surface area contributed by atoms with E-state index in [0.29, 0.717) is 11.4 Å². The fraction of sp³-hybridized carbons (Fsp3) is 0.357. The highest BCUT2D eigenvalue weighted by molar-refractivity contribution is 6.30. The predicted molar refractivity (Wildman–Crippen MR) is 70.6 cm³/mol. The molecular weight excluding hydrogens is 266 g/mol. The Bertz CT molecular complexity index is 584. The molecule has 3 N–H and O–H groups in total. The van der Waals surface area contributed by atoms with Crippen LogP contribution in [0, 0.1) is 5.92 Å². The van der Waals surface area contributed by atoms with Crippen LogP contribution in [0.2, 0.25) is 5.02 Å². The zero-order valence-corrected chi connectivity index (χ0v) is 10.9. The van der Waals surface area contributed by atoms with Gasteiger partial charge in [0.05, 0.1) is 0 Å². The summed E-state index contributed by atoms with van der Waals surface area (Å²) in [4.78, 5) is 12.2. The van der Waals surface area contributed by atoms with E-state index in [4.69, 9.17) is 11.6 Å². The summed E-state index contributed by atoms with van der Waals surface area (Å²) in [6.45, 7) is 0. The smallest absolute Gasteiger partial charge is 0.261 e. The van der Waals surface area contributed by atoms with E-state index in [9.17, 15) is 15.0 Å². The summed E-state index contributed by atoms with van der Waals surface area (Å²) in [7, 11) is 0. The van der Waals surface area contributed by atoms with Crippen molar-refractivity contribution in [1.29, 1.82) is 0 Å². The first-order valence-corrected chi connectivity index (χ1v) is 6.64. The van der Waals surface area contributed by atoms with Gasteiger partial charge < -0.3 is 15.5 Å². The zero-order valence-electron chi connectivity index (χ0n) is 10.2. The SMILES string of the molecule is O=C1NC2=CCCCC2C1(O)c1cc(Cl)ccc1O. The van der Waals surface area contributed by atoms with Crippen LogP contribution in [0.15, 0.2) is 30.0 Å². The van der Waals surface area contributed by atoms with Crippen LogP contribution < -0.4 is 5.32 Å². The minimum atomic E-state index is -1.73. The quantitative estimate of drug-likeness (QED) is 0.737. The Kier molecular flexibility index (Phi) is 2.80. The highest BCUT2D eigenvalue weighted by atomic mass is 35.5. The van der Waals surface area contributed by atoms with E-state index < -0.39 is 11.5 Å². The molecule has 0 bridgehead atoms. The molecule has 2 atom stereocenters. The third kappa shape index (κ3) is 1.75. The molecule has 1 saturated heterocycles. The molecule has 100 valence electrons. The number of allylic oxidation sites excluding steroid dienone is 1. The monoisotopic (exact) mass is 279 g/mol. The van der Waals surface area contributed by atoms with Gasteiger partial charge in [-0.1, -0.05) is 17.7 Å². The van der Waals surface area contributed by atoms with Gasteiger partial charge in [0, 0.05) is 22.2 Å². The third-order valence-electron chi connectivity index (χ3n) is 3.91. The molecule has 1 fully saturated rings. The lowest BCUT2D eigenvalue weighted by Gasteiger charge is -2.29. The number of halogens is 1. The van der Waals surface area contributed by atoms with E-state index in [1.54, 1.807) is 0 Å². The molecule has 1 aliphatic heterocycles. The summed E-state index contributed by atoms with van der Waals surface area (Å²) in [6.07, 6.45) is 4.44. The van der Waals surface area contributed by atoms with Crippen LogP contribution in [0.1, 0.15) is 24.8 Å². The molecule has 4 nitrogen and oxygen atoms in total. The van der Waals surface area contributed by atoms with Crippen molar-refractivity contribution in [2.45, 2.75) is 24.9 Å². The van der Waals surface area contributed by atoms with Gasteiger partial charge in [-0.2, -0.15) is 0 Å². The Balaban J connectivity index is 2.16. The van der Waals surface area contributed by atoms with Crippen molar-refractivity contribution in [3.05, 3.63) is 40.6 Å². The fourth-order valence-corrected chi connectivity index (χ4v) is 3.13. The first-order chi connectivity index (χ1) is 9.03. The molecule has 0 radical (unpaired) electrons. The van der Waals surface area contributed by atoms with E-state index >= 15 is 0 Å². The third-order valence-corrected chi connectivity index (χ3v) is 4.15. The number of fused-ring (bicyclic) bond motifs is 1. The van der Waals surface area contributed by atoms with Crippen LogP contribution >= 0.6 is 11.6 Å². The van der Waals surface area contributed by atoms with Gasteiger partial charge in [-0.3, -0.25) is 4.79 Å². The number of benzene rings is 1. The molecule has 2 unspecified atom stereocenters. The number of carbonyl (C=O) groups excluding carboxylic acids is 1. The normalized spacial score (nSPS) is 29.7. The Hall–Kier alpha value is -1.52. The molecule has 0 spiro atoms. The second-order valence-electron chi connectivity index (χ2n) is 5.02. The first-order valence-electron chi connectivity index (χ1n) is 6.26. The summed E-state index contributed by atoms with van der Waals surface area (Å²) < 4.78 is 0. The number of rotatable bonds is 1. The average Bonchev–Trinajstić information content (AvgIpc) is 2.66. The van der Waals surface area contributed by atoms with E-state index in [2.05, 4.69) is 5.32 Å². The van der Waals surface area contributed by atoms with Crippen LogP contribution in [0.5, 0.6) is 5.75 Å². The van der Waals surface area contributed by atoms with Crippen LogP contribution in [0.3, 0.4) is 0 Å². The summed E-state index contributed by atoms with van der Waals surface area (Å²) in [5.41, 5.74) is -0.813. The number of carbonyl (C=O) groups is 1. The maximum Gasteiger partial charge on any atom is 0.261 e. The number of nitrogens with one attached hydrogen (secondary N) is 1. The van der Waals surface area contributed by atoms with Crippen LogP contribution in [-0.4, -0.2) is 16.1 Å². The minimum Gasteiger partial charge on any atom is -0.508 e. The van der Waals surface area contributed by atoms with E-state index in [1.807, 2.05) is 6.08 Å². The van der Waals surface area contributed by atoms with Crippen molar-refractivity contribution in [2.75, 3.05) is 0 Å². The Morgan fingerprint density at radius 1 is 1.42 bits per heavy atom. The molecule has 3 rings (SSSR count). The van der Waals surface area contributed by atoms with Crippen LogP contribution in [0.4, 0.5) is 0 Å². The van der Waals surface area contributed by atoms with Crippen molar-refractivity contribution in [1.82, 2.24) is 5.32 Å². The standard InChI is InChI=1S/C14H14ClNO3/c15-8-5-6-12(17)10(7-8)14(19)9-3-1-2-4-11(9)16-13(14)18/h4-7,9,17,19H,1-3H2,(H,16,18). The summed E-state index contributed by atoms with van der Waals surface area (Å²) in [6, 6.07) is 4.37. The molecule has 1 aliphatic carbocycles. The zero-order chi connectivity index (χ0) is 13.6. The molecule has 1 aromatic rings. The van der Waals surface area contributed by atoms with Gasteiger partial charge >= 0.3 is 0 Å². The van der Waals surface area contributed by atoms with Gasteiger partial charge in [-0.15, -0.1) is 0 Å². The lowest BCUT2D eigenvalue weighted by atomic mass is 9.77. The Morgan fingerprint density at radius 2 is 2.21 bits per heavy atom. The largest absolute Gasteiger partial charge is 0.508 e. The fourth-order valence-electron chi connectivity index (χ4n) is 2.96. The molecule has 0 aromatic heterocycles. The molecule has 1 amide bonds. The molecule has 0 saturated carbocycles. The summed E-state index contributed by atoms with van der Waals surface area (Å²) >= 11 is 5.91. The second kappa shape index (κ2) is 4.25. The molecule has 19 heavy (non-hydrogen) atoms. The molecule has 2 aliphatic rings. The van der Waals surface area contributed by atoms with Gasteiger partial charge in [0.2, 0.25) is 0 Å². The number of phenols is 1. The van der Waals surface area contributed by atoms with Crippen molar-refractivity contribution >= 4 is 17.5 Å². The number of amides is 1. The summed E-state index contributed by atoms with van der Waals surface area (Å²) in [5, 5.41) is 23.9. The van der Waals surface area contributed by atoms with Crippen LogP contribution in [0.25, 0.3) is 0 Å². The maximum absolute atomic E-state index is 12.2. The average molecular weight is 280 g/mol. The van der Waals surface area contributed by atoms with Crippen LogP contribution in [-0.2, 0) is 10.4 Å². The van der Waals surface area contributed by atoms with Crippen molar-refractivity contribution in [3.8, 4) is 5.75 Å². The summed E-state index contributed by atoms with van der Waals surface area (Å²) in [5.74, 6) is -0.949. The molecule has 1 aromatic carbocycles. The Morgan fingerprint density at radius 3 is 3.00 bits per heavy atom. The number of hydrogen-bond donors (Lipinski definition) is 3. The minimum absolute atomic E-state index is 0.117. The van der Waals surface area contributed by atoms with E-state index in [-0.39, 0.29) is 17.2 Å². The first kappa shape index (κ1) is 12.5. The highest BCUT2D eigenvalue weighted by Crippen LogP contribution is 2.47. The predicted octanol–water partition coefficient (Wildman–Crippen LogP) is 2.05. The Labute approximate surface area is 115 Å².